The van der Waals surface area contributed by atoms with E-state index in [0.717, 1.165) is 17.0 Å². The van der Waals surface area contributed by atoms with Gasteiger partial charge in [0.2, 0.25) is 0 Å². The summed E-state index contributed by atoms with van der Waals surface area (Å²) in [4.78, 5) is 0. The van der Waals surface area contributed by atoms with Crippen LogP contribution >= 0.6 is 23.2 Å². The molecule has 3 aromatic carbocycles. The largest absolute Gasteiger partial charge is 0.378 e. The van der Waals surface area contributed by atoms with Crippen LogP contribution in [-0.4, -0.2) is 0 Å². The molecular weight excluding hydrogens is 373 g/mol. The lowest BCUT2D eigenvalue weighted by molar-refractivity contribution is 0.426. The van der Waals surface area contributed by atoms with Gasteiger partial charge in [0.05, 0.1) is 6.04 Å². The number of hydrogen-bond acceptors (Lipinski definition) is 1. The predicted octanol–water partition coefficient (Wildman–Crippen LogP) is 7.49. The molecule has 2 aliphatic rings. The van der Waals surface area contributed by atoms with Crippen LogP contribution in [0.15, 0.2) is 78.9 Å². The summed E-state index contributed by atoms with van der Waals surface area (Å²) in [6.07, 6.45) is 5.71. The number of fused-ring (bicyclic) bond motifs is 3. The molecule has 0 amide bonds. The summed E-state index contributed by atoms with van der Waals surface area (Å²) in [5.41, 5.74) is 6.20. The summed E-state index contributed by atoms with van der Waals surface area (Å²) in [6, 6.07) is 23.3. The van der Waals surface area contributed by atoms with Crippen molar-refractivity contribution in [3.63, 3.8) is 0 Å². The first-order valence-corrected chi connectivity index (χ1v) is 10.0. The zero-order chi connectivity index (χ0) is 18.4. The maximum atomic E-state index is 6.54. The number of benzene rings is 3. The van der Waals surface area contributed by atoms with Crippen LogP contribution in [0.3, 0.4) is 0 Å². The Labute approximate surface area is 169 Å². The van der Waals surface area contributed by atoms with E-state index in [-0.39, 0.29) is 6.04 Å². The minimum Gasteiger partial charge on any atom is -0.378 e. The van der Waals surface area contributed by atoms with Gasteiger partial charge in [0.15, 0.2) is 0 Å². The Hall–Kier alpha value is -2.22. The van der Waals surface area contributed by atoms with Crippen LogP contribution in [0.25, 0.3) is 11.1 Å². The number of hydrogen-bond donors (Lipinski definition) is 1. The lowest BCUT2D eigenvalue weighted by Gasteiger charge is -2.38. The highest BCUT2D eigenvalue weighted by Crippen LogP contribution is 2.51. The lowest BCUT2D eigenvalue weighted by Crippen LogP contribution is -2.29. The van der Waals surface area contributed by atoms with Gasteiger partial charge in [-0.05, 0) is 58.9 Å². The summed E-state index contributed by atoms with van der Waals surface area (Å²) in [5.74, 6) is 0.865. The molecule has 0 saturated heterocycles. The van der Waals surface area contributed by atoms with Gasteiger partial charge in [-0.3, -0.25) is 0 Å². The predicted molar refractivity (Wildman–Crippen MR) is 115 cm³/mol. The SMILES string of the molecule is Clc1ccc([C@@H]2Nc3ccc(-c4ccccc4)cc3[C@@H]3C=CC[C@H]32)c(Cl)c1. The molecule has 27 heavy (non-hydrogen) atoms. The monoisotopic (exact) mass is 391 g/mol. The Morgan fingerprint density at radius 1 is 0.815 bits per heavy atom. The lowest BCUT2D eigenvalue weighted by atomic mass is 9.76. The van der Waals surface area contributed by atoms with Gasteiger partial charge in [-0.15, -0.1) is 0 Å². The Balaban J connectivity index is 1.58. The fourth-order valence-electron chi connectivity index (χ4n) is 4.47. The molecule has 5 rings (SSSR count). The third kappa shape index (κ3) is 2.96. The smallest absolute Gasteiger partial charge is 0.0568 e. The van der Waals surface area contributed by atoms with Crippen LogP contribution < -0.4 is 5.32 Å². The Bertz CT molecular complexity index is 1030. The third-order valence-electron chi connectivity index (χ3n) is 5.77. The summed E-state index contributed by atoms with van der Waals surface area (Å²) >= 11 is 12.6. The minimum atomic E-state index is 0.185. The molecule has 1 heterocycles. The highest BCUT2D eigenvalue weighted by Gasteiger charge is 2.38. The number of anilines is 1. The first-order valence-electron chi connectivity index (χ1n) is 9.28. The van der Waals surface area contributed by atoms with E-state index >= 15 is 0 Å². The van der Waals surface area contributed by atoms with Gasteiger partial charge in [-0.2, -0.15) is 0 Å². The maximum absolute atomic E-state index is 6.54. The van der Waals surface area contributed by atoms with E-state index in [9.17, 15) is 0 Å². The number of allylic oxidation sites excluding steroid dienone is 2. The highest BCUT2D eigenvalue weighted by molar-refractivity contribution is 6.35. The molecule has 0 spiro atoms. The zero-order valence-electron chi connectivity index (χ0n) is 14.7. The standard InChI is InChI=1S/C24H19Cl2N/c25-17-10-11-20(22(26)14-17)24-19-8-4-7-18(19)21-13-16(9-12-23(21)27-24)15-5-2-1-3-6-15/h1-7,9-14,18-19,24,27H,8H2/t18-,19-,24-/m1/s1. The van der Waals surface area contributed by atoms with Gasteiger partial charge in [0.1, 0.15) is 0 Å². The fraction of sp³-hybridized carbons (Fsp3) is 0.167. The van der Waals surface area contributed by atoms with E-state index < -0.39 is 0 Å². The van der Waals surface area contributed by atoms with Gasteiger partial charge >= 0.3 is 0 Å². The Morgan fingerprint density at radius 3 is 2.48 bits per heavy atom. The molecule has 0 saturated carbocycles. The van der Waals surface area contributed by atoms with Crippen LogP contribution in [-0.2, 0) is 0 Å². The van der Waals surface area contributed by atoms with Crippen LogP contribution in [0, 0.1) is 5.92 Å². The molecule has 3 heteroatoms. The van der Waals surface area contributed by atoms with Crippen molar-refractivity contribution >= 4 is 28.9 Å². The van der Waals surface area contributed by atoms with E-state index in [1.165, 1.54) is 22.4 Å². The molecule has 1 aliphatic carbocycles. The topological polar surface area (TPSA) is 12.0 Å². The van der Waals surface area contributed by atoms with Gasteiger partial charge < -0.3 is 5.32 Å². The van der Waals surface area contributed by atoms with Crippen molar-refractivity contribution in [1.82, 2.24) is 0 Å². The summed E-state index contributed by atoms with van der Waals surface area (Å²) < 4.78 is 0. The van der Waals surface area contributed by atoms with Gasteiger partial charge in [0, 0.05) is 21.7 Å². The average Bonchev–Trinajstić information content (AvgIpc) is 3.18. The van der Waals surface area contributed by atoms with Crippen molar-refractivity contribution in [3.05, 3.63) is 100 Å². The first-order chi connectivity index (χ1) is 13.2. The van der Waals surface area contributed by atoms with Crippen molar-refractivity contribution in [2.75, 3.05) is 5.32 Å². The van der Waals surface area contributed by atoms with Crippen LogP contribution in [0.2, 0.25) is 10.0 Å². The van der Waals surface area contributed by atoms with E-state index in [2.05, 4.69) is 72.1 Å². The fourth-order valence-corrected chi connectivity index (χ4v) is 4.99. The van der Waals surface area contributed by atoms with Gasteiger partial charge in [-0.25, -0.2) is 0 Å². The second-order valence-electron chi connectivity index (χ2n) is 7.31. The third-order valence-corrected chi connectivity index (χ3v) is 6.33. The second kappa shape index (κ2) is 6.74. The molecule has 1 nitrogen and oxygen atoms in total. The van der Waals surface area contributed by atoms with Crippen molar-refractivity contribution in [1.29, 1.82) is 0 Å². The molecule has 1 aliphatic heterocycles. The van der Waals surface area contributed by atoms with Crippen LogP contribution in [0.4, 0.5) is 5.69 Å². The zero-order valence-corrected chi connectivity index (χ0v) is 16.2. The molecule has 0 fully saturated rings. The molecule has 134 valence electrons. The number of nitrogens with one attached hydrogen (secondary N) is 1. The van der Waals surface area contributed by atoms with Crippen LogP contribution in [0.1, 0.15) is 29.5 Å². The molecule has 0 unspecified atom stereocenters. The van der Waals surface area contributed by atoms with Crippen molar-refractivity contribution in [3.8, 4) is 11.1 Å². The van der Waals surface area contributed by atoms with Gasteiger partial charge in [-0.1, -0.05) is 77.8 Å². The molecule has 0 bridgehead atoms. The van der Waals surface area contributed by atoms with Crippen molar-refractivity contribution in [2.24, 2.45) is 5.92 Å². The normalized spacial score (nSPS) is 22.8. The Morgan fingerprint density at radius 2 is 1.67 bits per heavy atom. The van der Waals surface area contributed by atoms with E-state index in [0.29, 0.717) is 16.9 Å². The van der Waals surface area contributed by atoms with Crippen LogP contribution in [0.5, 0.6) is 0 Å². The molecular formula is C24H19Cl2N. The first kappa shape index (κ1) is 16.9. The number of rotatable bonds is 2. The molecule has 0 aromatic heterocycles. The summed E-state index contributed by atoms with van der Waals surface area (Å²) in [5, 5.41) is 5.16. The summed E-state index contributed by atoms with van der Waals surface area (Å²) in [6.45, 7) is 0. The molecule has 1 N–H and O–H groups in total. The highest BCUT2D eigenvalue weighted by atomic mass is 35.5. The van der Waals surface area contributed by atoms with Crippen molar-refractivity contribution < 1.29 is 0 Å². The van der Waals surface area contributed by atoms with Gasteiger partial charge in [0.25, 0.3) is 0 Å². The Kier molecular flexibility index (Phi) is 4.22. The molecule has 3 atom stereocenters. The second-order valence-corrected chi connectivity index (χ2v) is 8.15. The molecule has 0 radical (unpaired) electrons. The maximum Gasteiger partial charge on any atom is 0.0568 e. The van der Waals surface area contributed by atoms with Crippen molar-refractivity contribution in [2.45, 2.75) is 18.4 Å². The minimum absolute atomic E-state index is 0.185. The quantitative estimate of drug-likeness (QED) is 0.446. The van der Waals surface area contributed by atoms with E-state index in [1.807, 2.05) is 12.1 Å². The number of halogens is 2. The van der Waals surface area contributed by atoms with E-state index in [1.54, 1.807) is 0 Å². The average molecular weight is 392 g/mol. The molecule has 3 aromatic rings. The van der Waals surface area contributed by atoms with E-state index in [4.69, 9.17) is 23.2 Å². The summed E-state index contributed by atoms with van der Waals surface area (Å²) in [7, 11) is 0.